The van der Waals surface area contributed by atoms with Gasteiger partial charge in [-0.2, -0.15) is 0 Å². The van der Waals surface area contributed by atoms with E-state index in [0.29, 0.717) is 0 Å². The zero-order valence-corrected chi connectivity index (χ0v) is 7.80. The maximum atomic E-state index is 10.3. The van der Waals surface area contributed by atoms with Crippen LogP contribution in [-0.2, 0) is 31.5 Å². The van der Waals surface area contributed by atoms with Gasteiger partial charge in [-0.1, -0.05) is 0 Å². The Morgan fingerprint density at radius 2 is 1.57 bits per heavy atom. The van der Waals surface area contributed by atoms with E-state index in [1.807, 2.05) is 0 Å². The molecule has 85 valence electrons. The number of carboxylic acids is 3. The zero-order valence-electron chi connectivity index (χ0n) is 6.86. The van der Waals surface area contributed by atoms with Gasteiger partial charge in [-0.25, -0.2) is 0 Å². The largest absolute Gasteiger partial charge is 0.481 e. The summed E-state index contributed by atoms with van der Waals surface area (Å²) in [7, 11) is 0. The molecule has 0 rings (SSSR count). The number of carbonyl (C=O) groups is 3. The Morgan fingerprint density at radius 3 is 1.86 bits per heavy atom. The Hall–Kier alpha value is -1.11. The number of carboxylic acid groups (broad SMARTS) is 3. The molecule has 8 heteroatoms. The van der Waals surface area contributed by atoms with Crippen LogP contribution >= 0.6 is 0 Å². The second kappa shape index (κ2) is 7.31. The molecule has 14 heavy (non-hydrogen) atoms. The van der Waals surface area contributed by atoms with Gasteiger partial charge in [-0.15, -0.1) is 0 Å². The maximum absolute atomic E-state index is 10.3. The van der Waals surface area contributed by atoms with Crippen LogP contribution in [0.15, 0.2) is 0 Å². The summed E-state index contributed by atoms with van der Waals surface area (Å²) in [4.78, 5) is 30.4. The van der Waals surface area contributed by atoms with E-state index in [9.17, 15) is 14.4 Å². The van der Waals surface area contributed by atoms with Gasteiger partial charge in [0.2, 0.25) is 0 Å². The zero-order chi connectivity index (χ0) is 10.4. The average Bonchev–Trinajstić information content (AvgIpc) is 1.96. The molecule has 0 aromatic carbocycles. The first kappa shape index (κ1) is 15.4. The van der Waals surface area contributed by atoms with Crippen molar-refractivity contribution >= 4 is 17.9 Å². The van der Waals surface area contributed by atoms with E-state index >= 15 is 0 Å². The third-order valence-corrected chi connectivity index (χ3v) is 1.18. The van der Waals surface area contributed by atoms with Gasteiger partial charge in [0.15, 0.2) is 0 Å². The molecule has 4 N–H and O–H groups in total. The van der Waals surface area contributed by atoms with Crippen molar-refractivity contribution in [2.24, 2.45) is 0 Å². The minimum absolute atomic E-state index is 0. The third kappa shape index (κ3) is 7.53. The molecule has 0 spiro atoms. The van der Waals surface area contributed by atoms with Crippen LogP contribution in [0, 0.1) is 0 Å². The van der Waals surface area contributed by atoms with Crippen LogP contribution in [0.5, 0.6) is 0 Å². The Balaban J connectivity index is 0. The summed E-state index contributed by atoms with van der Waals surface area (Å²) in [5, 5.41) is 26.9. The van der Waals surface area contributed by atoms with Gasteiger partial charge in [0.05, 0.1) is 13.0 Å². The molecule has 0 aliphatic rings. The topological polar surface area (TPSA) is 124 Å². The second-order valence-corrected chi connectivity index (χ2v) is 2.26. The number of aliphatic carboxylic acids is 3. The minimum atomic E-state index is -1.39. The van der Waals surface area contributed by atoms with Gasteiger partial charge in [0.25, 0.3) is 0 Å². The Morgan fingerprint density at radius 1 is 1.07 bits per heavy atom. The van der Waals surface area contributed by atoms with Crippen molar-refractivity contribution in [1.29, 1.82) is 0 Å². The van der Waals surface area contributed by atoms with Gasteiger partial charge < -0.3 is 15.3 Å². The molecule has 0 aromatic rings. The van der Waals surface area contributed by atoms with Crippen LogP contribution in [0.25, 0.3) is 0 Å². The predicted octanol–water partition coefficient (Wildman–Crippen LogP) is -1.41. The molecule has 0 heterocycles. The molecule has 0 fully saturated rings. The van der Waals surface area contributed by atoms with E-state index in [1.165, 1.54) is 0 Å². The summed E-state index contributed by atoms with van der Waals surface area (Å²) in [6, 6.07) is -1.37. The quantitative estimate of drug-likeness (QED) is 0.429. The number of nitrogens with one attached hydrogen (secondary N) is 1. The van der Waals surface area contributed by atoms with Gasteiger partial charge in [0.1, 0.15) is 6.04 Å². The average molecular weight is 255 g/mol. The van der Waals surface area contributed by atoms with E-state index in [4.69, 9.17) is 15.3 Å². The van der Waals surface area contributed by atoms with E-state index in [2.05, 4.69) is 5.32 Å². The van der Waals surface area contributed by atoms with Crippen LogP contribution in [0.2, 0.25) is 0 Å². The standard InChI is InChI=1S/C6H9NO6.Cu/c8-4(9)1-3(6(12)13)7-2-5(10)11;/h3,7H,1-2H2,(H,8,9)(H,10,11)(H,12,13);/t3-;/m0./s1. The number of hydrogen-bond acceptors (Lipinski definition) is 4. The maximum Gasteiger partial charge on any atom is 0.321 e. The van der Waals surface area contributed by atoms with Crippen molar-refractivity contribution in [2.75, 3.05) is 6.54 Å². The van der Waals surface area contributed by atoms with Crippen molar-refractivity contribution in [3.05, 3.63) is 0 Å². The van der Waals surface area contributed by atoms with E-state index < -0.39 is 36.9 Å². The fraction of sp³-hybridized carbons (Fsp3) is 0.500. The van der Waals surface area contributed by atoms with Crippen molar-refractivity contribution in [1.82, 2.24) is 5.32 Å². The van der Waals surface area contributed by atoms with Crippen molar-refractivity contribution < 1.29 is 46.8 Å². The van der Waals surface area contributed by atoms with Crippen LogP contribution in [-0.4, -0.2) is 45.8 Å². The molecule has 0 amide bonds. The van der Waals surface area contributed by atoms with Crippen LogP contribution in [0.1, 0.15) is 6.42 Å². The second-order valence-electron chi connectivity index (χ2n) is 2.26. The summed E-state index contributed by atoms with van der Waals surface area (Å²) in [6.45, 7) is -0.579. The minimum Gasteiger partial charge on any atom is -0.481 e. The SMILES string of the molecule is O=C(O)CN[C@@H](CC(=O)O)C(=O)O.[Cu]. The summed E-state index contributed by atoms with van der Waals surface area (Å²) < 4.78 is 0. The van der Waals surface area contributed by atoms with Gasteiger partial charge >= 0.3 is 17.9 Å². The predicted molar refractivity (Wildman–Crippen MR) is 39.3 cm³/mol. The Bertz CT molecular complexity index is 230. The first-order valence-corrected chi connectivity index (χ1v) is 3.33. The molecule has 0 aromatic heterocycles. The molecule has 0 unspecified atom stereocenters. The van der Waals surface area contributed by atoms with Crippen molar-refractivity contribution in [3.8, 4) is 0 Å². The van der Waals surface area contributed by atoms with Crippen LogP contribution in [0.3, 0.4) is 0 Å². The third-order valence-electron chi connectivity index (χ3n) is 1.18. The normalized spacial score (nSPS) is 11.1. The first-order valence-electron chi connectivity index (χ1n) is 3.33. The Labute approximate surface area is 89.6 Å². The van der Waals surface area contributed by atoms with Gasteiger partial charge in [0, 0.05) is 17.1 Å². The van der Waals surface area contributed by atoms with Gasteiger partial charge in [-0.3, -0.25) is 19.7 Å². The van der Waals surface area contributed by atoms with Crippen molar-refractivity contribution in [3.63, 3.8) is 0 Å². The molecule has 0 aliphatic heterocycles. The summed E-state index contributed by atoms with van der Waals surface area (Å²) in [5.74, 6) is -3.93. The first-order chi connectivity index (χ1) is 5.93. The molecule has 0 saturated carbocycles. The molecule has 7 nitrogen and oxygen atoms in total. The number of rotatable bonds is 6. The molecule has 0 aliphatic carbocycles. The fourth-order valence-electron chi connectivity index (χ4n) is 0.632. The summed E-state index contributed by atoms with van der Waals surface area (Å²) >= 11 is 0. The summed E-state index contributed by atoms with van der Waals surface area (Å²) in [5.41, 5.74) is 0. The molecule has 1 radical (unpaired) electrons. The van der Waals surface area contributed by atoms with E-state index in [0.717, 1.165) is 0 Å². The molecular formula is C6H9CuNO6. The van der Waals surface area contributed by atoms with Crippen LogP contribution < -0.4 is 5.32 Å². The fourth-order valence-corrected chi connectivity index (χ4v) is 0.632. The molecule has 0 saturated heterocycles. The van der Waals surface area contributed by atoms with Gasteiger partial charge in [-0.05, 0) is 0 Å². The summed E-state index contributed by atoms with van der Waals surface area (Å²) in [6.07, 6.45) is -0.650. The molecule has 0 bridgehead atoms. The van der Waals surface area contributed by atoms with E-state index in [-0.39, 0.29) is 17.1 Å². The molecular weight excluding hydrogens is 246 g/mol. The van der Waals surface area contributed by atoms with Crippen molar-refractivity contribution in [2.45, 2.75) is 12.5 Å². The Kier molecular flexibility index (Phi) is 8.02. The van der Waals surface area contributed by atoms with E-state index in [1.54, 1.807) is 0 Å². The van der Waals surface area contributed by atoms with Crippen LogP contribution in [0.4, 0.5) is 0 Å². The number of hydrogen-bond donors (Lipinski definition) is 4. The monoisotopic (exact) mass is 254 g/mol. The smallest absolute Gasteiger partial charge is 0.321 e. The molecule has 1 atom stereocenters.